The third-order valence-corrected chi connectivity index (χ3v) is 4.64. The van der Waals surface area contributed by atoms with Crippen LogP contribution in [0.5, 0.6) is 0 Å². The first-order valence-electron chi connectivity index (χ1n) is 7.22. The van der Waals surface area contributed by atoms with Gasteiger partial charge in [0.2, 0.25) is 10.0 Å². The molecule has 0 aliphatic carbocycles. The Balaban J connectivity index is 3.54. The molecule has 0 unspecified atom stereocenters. The first-order valence-corrected chi connectivity index (χ1v) is 8.76. The lowest BCUT2D eigenvalue weighted by Gasteiger charge is -2.39. The summed E-state index contributed by atoms with van der Waals surface area (Å²) in [6.07, 6.45) is -9.08. The minimum absolute atomic E-state index is 0.302. The van der Waals surface area contributed by atoms with Gasteiger partial charge in [-0.3, -0.25) is 0 Å². The molecular weight excluding hydrogens is 493 g/mol. The SMILES string of the molecule is NS(=O)(=O)c1ccccc1C=CC(F)(F)C(F)(F)C(F)(F)C(F)(F)C(F)(F)C(F)(F)F. The molecule has 0 saturated heterocycles. The monoisotopic (exact) mass is 501 g/mol. The average Bonchev–Trinajstić information content (AvgIpc) is 2.57. The number of hydrogen-bond donors (Lipinski definition) is 1. The maximum atomic E-state index is 13.7. The van der Waals surface area contributed by atoms with Gasteiger partial charge >= 0.3 is 35.8 Å². The predicted molar refractivity (Wildman–Crippen MR) is 77.6 cm³/mol. The number of sulfonamides is 1. The van der Waals surface area contributed by atoms with Gasteiger partial charge in [0.05, 0.1) is 4.90 Å². The van der Waals surface area contributed by atoms with Crippen LogP contribution in [0.2, 0.25) is 0 Å². The number of alkyl halides is 13. The van der Waals surface area contributed by atoms with Crippen molar-refractivity contribution in [3.05, 3.63) is 35.9 Å². The summed E-state index contributed by atoms with van der Waals surface area (Å²) >= 11 is 0. The van der Waals surface area contributed by atoms with Crippen molar-refractivity contribution in [2.45, 2.75) is 40.7 Å². The van der Waals surface area contributed by atoms with E-state index >= 15 is 0 Å². The van der Waals surface area contributed by atoms with Crippen LogP contribution in [0.25, 0.3) is 6.08 Å². The zero-order valence-corrected chi connectivity index (χ0v) is 15.0. The summed E-state index contributed by atoms with van der Waals surface area (Å²) in [4.78, 5) is -1.02. The maximum Gasteiger partial charge on any atom is 0.460 e. The lowest BCUT2D eigenvalue weighted by atomic mass is 9.93. The highest BCUT2D eigenvalue weighted by Crippen LogP contribution is 2.60. The van der Waals surface area contributed by atoms with Crippen LogP contribution in [-0.2, 0) is 10.0 Å². The Morgan fingerprint density at radius 2 is 1.10 bits per heavy atom. The molecule has 31 heavy (non-hydrogen) atoms. The number of hydrogen-bond acceptors (Lipinski definition) is 2. The number of primary sulfonamides is 1. The molecule has 0 spiro atoms. The van der Waals surface area contributed by atoms with Crippen LogP contribution in [0.3, 0.4) is 0 Å². The van der Waals surface area contributed by atoms with E-state index in [0.29, 0.717) is 12.1 Å². The van der Waals surface area contributed by atoms with E-state index in [0.717, 1.165) is 12.1 Å². The molecule has 0 aliphatic rings. The zero-order valence-electron chi connectivity index (χ0n) is 14.2. The fourth-order valence-corrected chi connectivity index (χ4v) is 2.69. The number of halogens is 13. The molecule has 1 aromatic carbocycles. The average molecular weight is 501 g/mol. The molecule has 3 nitrogen and oxygen atoms in total. The maximum absolute atomic E-state index is 13.7. The van der Waals surface area contributed by atoms with Gasteiger partial charge in [0, 0.05) is 0 Å². The largest absolute Gasteiger partial charge is 0.460 e. The molecule has 0 fully saturated rings. The molecule has 0 amide bonds. The molecule has 0 heterocycles. The molecule has 17 heteroatoms. The van der Waals surface area contributed by atoms with Gasteiger partial charge in [-0.1, -0.05) is 24.3 Å². The van der Waals surface area contributed by atoms with Gasteiger partial charge in [0.1, 0.15) is 0 Å². The minimum Gasteiger partial charge on any atom is -0.225 e. The van der Waals surface area contributed by atoms with Gasteiger partial charge in [-0.2, -0.15) is 57.1 Å². The van der Waals surface area contributed by atoms with Gasteiger partial charge in [0.15, 0.2) is 0 Å². The second kappa shape index (κ2) is 7.53. The predicted octanol–water partition coefficient (Wildman–Crippen LogP) is 5.09. The van der Waals surface area contributed by atoms with Gasteiger partial charge in [-0.25, -0.2) is 13.6 Å². The van der Waals surface area contributed by atoms with Gasteiger partial charge in [-0.05, 0) is 17.7 Å². The highest BCUT2D eigenvalue weighted by atomic mass is 32.2. The molecule has 178 valence electrons. The Kier molecular flexibility index (Phi) is 6.55. The highest BCUT2D eigenvalue weighted by molar-refractivity contribution is 7.89. The van der Waals surface area contributed by atoms with Gasteiger partial charge in [-0.15, -0.1) is 0 Å². The highest BCUT2D eigenvalue weighted by Gasteiger charge is 2.90. The fraction of sp³-hybridized carbons (Fsp3) is 0.429. The quantitative estimate of drug-likeness (QED) is 0.530. The normalized spacial score (nSPS) is 15.5. The van der Waals surface area contributed by atoms with Crippen LogP contribution in [0, 0.1) is 0 Å². The third-order valence-electron chi connectivity index (χ3n) is 3.66. The molecule has 0 radical (unpaired) electrons. The Labute approximate surface area is 164 Å². The number of nitrogens with two attached hydrogens (primary N) is 1. The lowest BCUT2D eigenvalue weighted by Crippen LogP contribution is -2.69. The van der Waals surface area contributed by atoms with E-state index in [-0.39, 0.29) is 6.08 Å². The summed E-state index contributed by atoms with van der Waals surface area (Å²) in [5.74, 6) is -37.8. The van der Waals surface area contributed by atoms with E-state index in [1.807, 2.05) is 0 Å². The Morgan fingerprint density at radius 3 is 1.52 bits per heavy atom. The van der Waals surface area contributed by atoms with E-state index in [4.69, 9.17) is 5.14 Å². The zero-order chi connectivity index (χ0) is 24.9. The third kappa shape index (κ3) is 4.33. The fourth-order valence-electron chi connectivity index (χ4n) is 1.96. The molecule has 0 atom stereocenters. The van der Waals surface area contributed by atoms with E-state index in [2.05, 4.69) is 0 Å². The van der Waals surface area contributed by atoms with Crippen LogP contribution in [0.15, 0.2) is 35.2 Å². The van der Waals surface area contributed by atoms with Crippen LogP contribution in [0.4, 0.5) is 57.1 Å². The summed E-state index contributed by atoms with van der Waals surface area (Å²) in [5, 5.41) is 4.69. The van der Waals surface area contributed by atoms with Crippen LogP contribution < -0.4 is 5.14 Å². The summed E-state index contributed by atoms with van der Waals surface area (Å²) < 4.78 is 191. The summed E-state index contributed by atoms with van der Waals surface area (Å²) in [6.45, 7) is 0. The molecule has 0 saturated carbocycles. The molecule has 1 aromatic rings. The number of benzene rings is 1. The summed E-state index contributed by atoms with van der Waals surface area (Å²) in [5.41, 5.74) is -0.948. The second-order valence-electron chi connectivity index (χ2n) is 5.83. The lowest BCUT2D eigenvalue weighted by molar-refractivity contribution is -0.436. The smallest absolute Gasteiger partial charge is 0.225 e. The van der Waals surface area contributed by atoms with Crippen molar-refractivity contribution in [2.75, 3.05) is 0 Å². The van der Waals surface area contributed by atoms with Crippen molar-refractivity contribution in [3.63, 3.8) is 0 Å². The number of rotatable bonds is 7. The minimum atomic E-state index is -8.02. The molecule has 0 aromatic heterocycles. The van der Waals surface area contributed by atoms with Crippen molar-refractivity contribution in [1.29, 1.82) is 0 Å². The topological polar surface area (TPSA) is 60.2 Å². The van der Waals surface area contributed by atoms with Crippen molar-refractivity contribution < 1.29 is 65.5 Å². The number of allylic oxidation sites excluding steroid dienone is 1. The van der Waals surface area contributed by atoms with E-state index in [9.17, 15) is 65.5 Å². The van der Waals surface area contributed by atoms with Crippen molar-refractivity contribution in [3.8, 4) is 0 Å². The van der Waals surface area contributed by atoms with E-state index in [1.165, 1.54) is 0 Å². The summed E-state index contributed by atoms with van der Waals surface area (Å²) in [6, 6.07) is 3.13. The first-order chi connectivity index (χ1) is 13.5. The second-order valence-corrected chi connectivity index (χ2v) is 7.36. The van der Waals surface area contributed by atoms with Crippen molar-refractivity contribution in [2.24, 2.45) is 5.14 Å². The van der Waals surface area contributed by atoms with Crippen LogP contribution in [0.1, 0.15) is 5.56 Å². The molecule has 0 aliphatic heterocycles. The van der Waals surface area contributed by atoms with Crippen LogP contribution >= 0.6 is 0 Å². The summed E-state index contributed by atoms with van der Waals surface area (Å²) in [7, 11) is -4.70. The molecule has 2 N–H and O–H groups in total. The van der Waals surface area contributed by atoms with Gasteiger partial charge < -0.3 is 0 Å². The molecular formula is C14H8F13NO2S. The van der Waals surface area contributed by atoms with E-state index in [1.54, 1.807) is 0 Å². The van der Waals surface area contributed by atoms with Crippen molar-refractivity contribution >= 4 is 16.1 Å². The standard InChI is InChI=1S/C14H8F13NO2S/c15-9(16,6-5-7-3-1-2-4-8(7)31(28,29)30)10(17,18)11(19,20)12(21,22)13(23,24)14(25,26)27/h1-6H,(H2,28,29,30). The van der Waals surface area contributed by atoms with Gasteiger partial charge in [0.25, 0.3) is 0 Å². The Morgan fingerprint density at radius 1 is 0.677 bits per heavy atom. The molecule has 0 bridgehead atoms. The Bertz CT molecular complexity index is 951. The van der Waals surface area contributed by atoms with E-state index < -0.39 is 62.3 Å². The first kappa shape index (κ1) is 27.0. The van der Waals surface area contributed by atoms with Crippen molar-refractivity contribution in [1.82, 2.24) is 0 Å². The van der Waals surface area contributed by atoms with Crippen LogP contribution in [-0.4, -0.2) is 44.2 Å². The molecule has 1 rings (SSSR count). The Hall–Kier alpha value is -2.04.